The van der Waals surface area contributed by atoms with E-state index in [0.717, 1.165) is 12.1 Å². The lowest BCUT2D eigenvalue weighted by atomic mass is 10.1. The molecule has 0 radical (unpaired) electrons. The predicted molar refractivity (Wildman–Crippen MR) is 64.6 cm³/mol. The van der Waals surface area contributed by atoms with Gasteiger partial charge in [0.15, 0.2) is 11.6 Å². The second-order valence-electron chi connectivity index (χ2n) is 4.24. The predicted octanol–water partition coefficient (Wildman–Crippen LogP) is 2.30. The Morgan fingerprint density at radius 1 is 1.37 bits per heavy atom. The van der Waals surface area contributed by atoms with Crippen molar-refractivity contribution in [2.24, 2.45) is 7.05 Å². The first-order chi connectivity index (χ1) is 8.90. The van der Waals surface area contributed by atoms with E-state index < -0.39 is 17.6 Å². The van der Waals surface area contributed by atoms with Crippen molar-refractivity contribution in [1.29, 1.82) is 0 Å². The van der Waals surface area contributed by atoms with Crippen LogP contribution in [-0.2, 0) is 18.3 Å². The van der Waals surface area contributed by atoms with Gasteiger partial charge in [0.05, 0.1) is 17.8 Å². The topological polar surface area (TPSA) is 55.1 Å². The molecule has 0 aliphatic rings. The summed E-state index contributed by atoms with van der Waals surface area (Å²) < 4.78 is 27.5. The van der Waals surface area contributed by atoms with Gasteiger partial charge in [0, 0.05) is 12.6 Å². The zero-order valence-corrected chi connectivity index (χ0v) is 10.4. The maximum atomic E-state index is 13.2. The zero-order chi connectivity index (χ0) is 14.2. The summed E-state index contributed by atoms with van der Waals surface area (Å²) in [7, 11) is 1.62. The molecule has 0 unspecified atom stereocenters. The lowest BCUT2D eigenvalue weighted by molar-refractivity contribution is -0.136. The number of carboxylic acids is 1. The number of hydrogen-bond donors (Lipinski definition) is 1. The molecule has 0 spiro atoms. The molecule has 2 aromatic rings. The molecule has 1 aromatic carbocycles. The number of aliphatic carboxylic acids is 1. The molecule has 4 nitrogen and oxygen atoms in total. The van der Waals surface area contributed by atoms with Crippen LogP contribution < -0.4 is 0 Å². The smallest absolute Gasteiger partial charge is 0.309 e. The van der Waals surface area contributed by atoms with Crippen LogP contribution in [0.25, 0.3) is 11.3 Å². The molecular weight excluding hydrogens is 254 g/mol. The number of hydrogen-bond acceptors (Lipinski definition) is 2. The summed E-state index contributed by atoms with van der Waals surface area (Å²) in [5.74, 6) is -2.85. The van der Waals surface area contributed by atoms with E-state index in [4.69, 9.17) is 5.11 Å². The van der Waals surface area contributed by atoms with Crippen LogP contribution in [0.4, 0.5) is 8.78 Å². The third-order valence-corrected chi connectivity index (χ3v) is 2.94. The van der Waals surface area contributed by atoms with Gasteiger partial charge < -0.3 is 5.11 Å². The summed E-state index contributed by atoms with van der Waals surface area (Å²) in [5.41, 5.74) is 2.06. The van der Waals surface area contributed by atoms with Gasteiger partial charge in [-0.25, -0.2) is 8.78 Å². The first-order valence-electron chi connectivity index (χ1n) is 5.60. The van der Waals surface area contributed by atoms with Crippen molar-refractivity contribution in [3.05, 3.63) is 41.1 Å². The molecule has 19 heavy (non-hydrogen) atoms. The fourth-order valence-corrected chi connectivity index (χ4v) is 1.97. The number of carbonyl (C=O) groups is 1. The first kappa shape index (κ1) is 13.2. The normalized spacial score (nSPS) is 10.7. The van der Waals surface area contributed by atoms with E-state index in [1.807, 2.05) is 0 Å². The molecule has 0 saturated heterocycles. The van der Waals surface area contributed by atoms with Gasteiger partial charge in [-0.05, 0) is 30.7 Å². The van der Waals surface area contributed by atoms with Crippen LogP contribution >= 0.6 is 0 Å². The highest BCUT2D eigenvalue weighted by atomic mass is 19.2. The molecule has 0 atom stereocenters. The molecule has 0 aliphatic heterocycles. The number of aryl methyl sites for hydroxylation is 1. The minimum absolute atomic E-state index is 0.168. The van der Waals surface area contributed by atoms with Crippen LogP contribution in [0.3, 0.4) is 0 Å². The fraction of sp³-hybridized carbons (Fsp3) is 0.231. The van der Waals surface area contributed by atoms with Crippen molar-refractivity contribution in [2.75, 3.05) is 0 Å². The molecule has 100 valence electrons. The molecular formula is C13H12F2N2O2. The summed E-state index contributed by atoms with van der Waals surface area (Å²) in [4.78, 5) is 10.8. The Morgan fingerprint density at radius 3 is 2.63 bits per heavy atom. The van der Waals surface area contributed by atoms with Crippen molar-refractivity contribution in [3.8, 4) is 11.3 Å². The minimum Gasteiger partial charge on any atom is -0.481 e. The average Bonchev–Trinajstić information content (AvgIpc) is 2.60. The van der Waals surface area contributed by atoms with Crippen LogP contribution in [-0.4, -0.2) is 20.9 Å². The largest absolute Gasteiger partial charge is 0.481 e. The van der Waals surface area contributed by atoms with E-state index in [1.54, 1.807) is 14.0 Å². The Bertz CT molecular complexity index is 650. The number of carboxylic acid groups (broad SMARTS) is 1. The molecule has 6 heteroatoms. The Hall–Kier alpha value is -2.24. The van der Waals surface area contributed by atoms with Crippen molar-refractivity contribution in [1.82, 2.24) is 9.78 Å². The van der Waals surface area contributed by atoms with E-state index in [2.05, 4.69) is 5.10 Å². The molecule has 0 aliphatic carbocycles. The van der Waals surface area contributed by atoms with E-state index in [9.17, 15) is 13.6 Å². The Balaban J connectivity index is 2.51. The maximum Gasteiger partial charge on any atom is 0.309 e. The summed E-state index contributed by atoms with van der Waals surface area (Å²) in [5, 5.41) is 13.0. The third kappa shape index (κ3) is 2.47. The van der Waals surface area contributed by atoms with Gasteiger partial charge in [-0.2, -0.15) is 5.10 Å². The average molecular weight is 266 g/mol. The lowest BCUT2D eigenvalue weighted by Crippen LogP contribution is -2.06. The van der Waals surface area contributed by atoms with E-state index in [0.29, 0.717) is 22.5 Å². The molecule has 1 aromatic heterocycles. The molecule has 1 heterocycles. The standard InChI is InChI=1S/C13H12F2N2O2/c1-7-11(6-12(18)19)17(2)16-13(7)8-3-4-9(14)10(15)5-8/h3-5H,6H2,1-2H3,(H,18,19). The van der Waals surface area contributed by atoms with Gasteiger partial charge in [-0.15, -0.1) is 0 Å². The Labute approximate surface area is 108 Å². The first-order valence-corrected chi connectivity index (χ1v) is 5.60. The highest BCUT2D eigenvalue weighted by molar-refractivity contribution is 5.72. The maximum absolute atomic E-state index is 13.2. The SMILES string of the molecule is Cc1c(-c2ccc(F)c(F)c2)nn(C)c1CC(=O)O. The summed E-state index contributed by atoms with van der Waals surface area (Å²) in [6.07, 6.45) is -0.168. The zero-order valence-electron chi connectivity index (χ0n) is 10.4. The van der Waals surface area contributed by atoms with Gasteiger partial charge in [-0.1, -0.05) is 0 Å². The van der Waals surface area contributed by atoms with Gasteiger partial charge in [0.2, 0.25) is 0 Å². The highest BCUT2D eigenvalue weighted by Gasteiger charge is 2.17. The number of aromatic nitrogens is 2. The van der Waals surface area contributed by atoms with Crippen LogP contribution in [0, 0.1) is 18.6 Å². The lowest BCUT2D eigenvalue weighted by Gasteiger charge is -2.00. The van der Waals surface area contributed by atoms with Crippen LogP contribution in [0.2, 0.25) is 0 Å². The molecule has 1 N–H and O–H groups in total. The van der Waals surface area contributed by atoms with Gasteiger partial charge in [-0.3, -0.25) is 9.48 Å². The van der Waals surface area contributed by atoms with Gasteiger partial charge in [0.25, 0.3) is 0 Å². The molecule has 0 saturated carbocycles. The van der Waals surface area contributed by atoms with E-state index >= 15 is 0 Å². The fourth-order valence-electron chi connectivity index (χ4n) is 1.97. The highest BCUT2D eigenvalue weighted by Crippen LogP contribution is 2.26. The Kier molecular flexibility index (Phi) is 3.33. The van der Waals surface area contributed by atoms with Crippen molar-refractivity contribution in [2.45, 2.75) is 13.3 Å². The summed E-state index contributed by atoms with van der Waals surface area (Å²) in [6, 6.07) is 3.49. The molecule has 2 rings (SSSR count). The molecule has 0 fully saturated rings. The summed E-state index contributed by atoms with van der Waals surface area (Å²) in [6.45, 7) is 1.71. The summed E-state index contributed by atoms with van der Waals surface area (Å²) >= 11 is 0. The number of nitrogens with zero attached hydrogens (tertiary/aromatic N) is 2. The minimum atomic E-state index is -0.970. The number of benzene rings is 1. The van der Waals surface area contributed by atoms with Gasteiger partial charge in [0.1, 0.15) is 0 Å². The number of rotatable bonds is 3. The molecule has 0 amide bonds. The van der Waals surface area contributed by atoms with E-state index in [-0.39, 0.29) is 6.42 Å². The number of halogens is 2. The monoisotopic (exact) mass is 266 g/mol. The van der Waals surface area contributed by atoms with E-state index in [1.165, 1.54) is 10.7 Å². The quantitative estimate of drug-likeness (QED) is 0.927. The molecule has 0 bridgehead atoms. The van der Waals surface area contributed by atoms with Crippen LogP contribution in [0.15, 0.2) is 18.2 Å². The van der Waals surface area contributed by atoms with Crippen LogP contribution in [0.5, 0.6) is 0 Å². The van der Waals surface area contributed by atoms with Crippen molar-refractivity contribution in [3.63, 3.8) is 0 Å². The van der Waals surface area contributed by atoms with Crippen LogP contribution in [0.1, 0.15) is 11.3 Å². The Morgan fingerprint density at radius 2 is 2.05 bits per heavy atom. The van der Waals surface area contributed by atoms with Crippen molar-refractivity contribution >= 4 is 5.97 Å². The van der Waals surface area contributed by atoms with Gasteiger partial charge >= 0.3 is 5.97 Å². The second kappa shape index (κ2) is 4.79. The second-order valence-corrected chi connectivity index (χ2v) is 4.24. The van der Waals surface area contributed by atoms with Crippen molar-refractivity contribution < 1.29 is 18.7 Å². The third-order valence-electron chi connectivity index (χ3n) is 2.94.